The van der Waals surface area contributed by atoms with Crippen LogP contribution in [-0.4, -0.2) is 26.2 Å². The summed E-state index contributed by atoms with van der Waals surface area (Å²) in [6.45, 7) is 0. The van der Waals surface area contributed by atoms with Gasteiger partial charge in [0, 0.05) is 11.6 Å². The number of anilines is 1. The summed E-state index contributed by atoms with van der Waals surface area (Å²) < 4.78 is 42.3. The van der Waals surface area contributed by atoms with Gasteiger partial charge in [0.25, 0.3) is 17.4 Å². The standard InChI is InChI=1S/C23H14F3N5O3/c24-23(25,26)17-11-16(31(29-17)14-4-2-1-3-5-14)12-6-8-13(9-7-12)30-18(32)10-15-19(20(30)27)22(34)28-21(15)33/h1-11H,27H2,(H,28,33,34). The topological polar surface area (TPSA) is 112 Å². The fourth-order valence-electron chi connectivity index (χ4n) is 3.82. The SMILES string of the molecule is Nc1c2c(cc(=O)n1-c1ccc(-c3cc(C(F)(F)F)nn3-c3ccccc3)cc1)C(=O)NC2=O. The summed E-state index contributed by atoms with van der Waals surface area (Å²) >= 11 is 0. The number of aromatic nitrogens is 3. The van der Waals surface area contributed by atoms with Gasteiger partial charge in [-0.25, -0.2) is 4.68 Å². The number of imide groups is 1. The number of halogens is 3. The number of nitrogen functional groups attached to an aromatic ring is 1. The summed E-state index contributed by atoms with van der Waals surface area (Å²) in [7, 11) is 0. The Kier molecular flexibility index (Phi) is 4.64. The van der Waals surface area contributed by atoms with Gasteiger partial charge < -0.3 is 5.73 Å². The van der Waals surface area contributed by atoms with Gasteiger partial charge >= 0.3 is 6.18 Å². The molecule has 0 radical (unpaired) electrons. The number of rotatable bonds is 3. The molecule has 170 valence electrons. The van der Waals surface area contributed by atoms with Crippen LogP contribution in [0.25, 0.3) is 22.6 Å². The first-order chi connectivity index (χ1) is 16.1. The van der Waals surface area contributed by atoms with Crippen molar-refractivity contribution in [2.75, 3.05) is 5.73 Å². The lowest BCUT2D eigenvalue weighted by Gasteiger charge is -2.13. The van der Waals surface area contributed by atoms with Crippen molar-refractivity contribution in [2.24, 2.45) is 0 Å². The van der Waals surface area contributed by atoms with Crippen molar-refractivity contribution >= 4 is 17.6 Å². The molecule has 1 aliphatic heterocycles. The monoisotopic (exact) mass is 465 g/mol. The zero-order chi connectivity index (χ0) is 24.2. The van der Waals surface area contributed by atoms with Gasteiger partial charge in [0.1, 0.15) is 5.82 Å². The van der Waals surface area contributed by atoms with E-state index in [9.17, 15) is 27.6 Å². The van der Waals surface area contributed by atoms with Gasteiger partial charge in [-0.15, -0.1) is 0 Å². The number of carbonyl (C=O) groups excluding carboxylic acids is 2. The highest BCUT2D eigenvalue weighted by atomic mass is 19.4. The van der Waals surface area contributed by atoms with E-state index in [0.717, 1.165) is 16.7 Å². The summed E-state index contributed by atoms with van der Waals surface area (Å²) in [6.07, 6.45) is -4.64. The van der Waals surface area contributed by atoms with E-state index in [1.807, 2.05) is 0 Å². The quantitative estimate of drug-likeness (QED) is 0.452. The minimum Gasteiger partial charge on any atom is -0.384 e. The molecule has 0 fully saturated rings. The predicted molar refractivity (Wildman–Crippen MR) is 116 cm³/mol. The Morgan fingerprint density at radius 3 is 2.18 bits per heavy atom. The first-order valence-electron chi connectivity index (χ1n) is 9.90. The summed E-state index contributed by atoms with van der Waals surface area (Å²) in [5.74, 6) is -1.64. The fraction of sp³-hybridized carbons (Fsp3) is 0.0435. The van der Waals surface area contributed by atoms with Crippen LogP contribution in [0.3, 0.4) is 0 Å². The van der Waals surface area contributed by atoms with Crippen LogP contribution < -0.4 is 16.6 Å². The molecule has 0 saturated carbocycles. The van der Waals surface area contributed by atoms with E-state index in [1.54, 1.807) is 30.3 Å². The minimum atomic E-state index is -4.64. The van der Waals surface area contributed by atoms with E-state index in [2.05, 4.69) is 10.4 Å². The third-order valence-corrected chi connectivity index (χ3v) is 5.38. The number of amides is 2. The molecular formula is C23H14F3N5O3. The van der Waals surface area contributed by atoms with E-state index in [4.69, 9.17) is 5.73 Å². The van der Waals surface area contributed by atoms with E-state index < -0.39 is 29.2 Å². The molecule has 5 rings (SSSR count). The highest BCUT2D eigenvalue weighted by Crippen LogP contribution is 2.33. The highest BCUT2D eigenvalue weighted by molar-refractivity contribution is 6.23. The van der Waals surface area contributed by atoms with Gasteiger partial charge in [0.15, 0.2) is 5.69 Å². The van der Waals surface area contributed by atoms with Crippen LogP contribution in [0, 0.1) is 0 Å². The highest BCUT2D eigenvalue weighted by Gasteiger charge is 2.35. The molecule has 8 nitrogen and oxygen atoms in total. The Morgan fingerprint density at radius 1 is 0.853 bits per heavy atom. The second-order valence-corrected chi connectivity index (χ2v) is 7.48. The largest absolute Gasteiger partial charge is 0.435 e. The van der Waals surface area contributed by atoms with Gasteiger partial charge in [-0.1, -0.05) is 30.3 Å². The van der Waals surface area contributed by atoms with Gasteiger partial charge in [0.05, 0.1) is 28.2 Å². The Labute approximate surface area is 189 Å². The number of carbonyl (C=O) groups is 2. The number of nitrogens with zero attached hydrogens (tertiary/aromatic N) is 3. The smallest absolute Gasteiger partial charge is 0.384 e. The minimum absolute atomic E-state index is 0.105. The molecule has 3 heterocycles. The van der Waals surface area contributed by atoms with E-state index in [0.29, 0.717) is 11.3 Å². The fourth-order valence-corrected chi connectivity index (χ4v) is 3.82. The maximum absolute atomic E-state index is 13.4. The molecule has 1 aliphatic rings. The second kappa shape index (κ2) is 7.44. The number of alkyl halides is 3. The number of hydrogen-bond acceptors (Lipinski definition) is 5. The third-order valence-electron chi connectivity index (χ3n) is 5.38. The van der Waals surface area contributed by atoms with E-state index >= 15 is 0 Å². The second-order valence-electron chi connectivity index (χ2n) is 7.48. The maximum Gasteiger partial charge on any atom is 0.435 e. The summed E-state index contributed by atoms with van der Waals surface area (Å²) in [4.78, 5) is 36.5. The number of para-hydroxylation sites is 1. The van der Waals surface area contributed by atoms with Gasteiger partial charge in [0.2, 0.25) is 0 Å². The van der Waals surface area contributed by atoms with Crippen LogP contribution in [0.5, 0.6) is 0 Å². The maximum atomic E-state index is 13.4. The molecule has 0 saturated heterocycles. The van der Waals surface area contributed by atoms with Crippen molar-refractivity contribution < 1.29 is 22.8 Å². The lowest BCUT2D eigenvalue weighted by atomic mass is 10.1. The molecule has 34 heavy (non-hydrogen) atoms. The summed E-state index contributed by atoms with van der Waals surface area (Å²) in [5, 5.41) is 5.82. The molecule has 3 N–H and O–H groups in total. The zero-order valence-corrected chi connectivity index (χ0v) is 17.1. The normalized spacial score (nSPS) is 13.1. The van der Waals surface area contributed by atoms with Crippen LogP contribution in [0.1, 0.15) is 26.4 Å². The first-order valence-corrected chi connectivity index (χ1v) is 9.90. The molecule has 2 amide bonds. The van der Waals surface area contributed by atoms with Crippen LogP contribution in [0.15, 0.2) is 71.5 Å². The number of nitrogens with one attached hydrogen (secondary N) is 1. The van der Waals surface area contributed by atoms with E-state index in [1.165, 1.54) is 28.9 Å². The molecule has 0 spiro atoms. The molecule has 0 unspecified atom stereocenters. The number of benzene rings is 2. The summed E-state index contributed by atoms with van der Waals surface area (Å²) in [5.41, 5.74) is 5.42. The van der Waals surface area contributed by atoms with Crippen molar-refractivity contribution in [3.05, 3.63) is 93.9 Å². The average Bonchev–Trinajstić information content (AvgIpc) is 3.36. The number of hydrogen-bond donors (Lipinski definition) is 2. The van der Waals surface area contributed by atoms with Crippen LogP contribution in [0.4, 0.5) is 19.0 Å². The Bertz CT molecular complexity index is 1520. The van der Waals surface area contributed by atoms with Crippen LogP contribution in [0.2, 0.25) is 0 Å². The Balaban J connectivity index is 1.62. The summed E-state index contributed by atoms with van der Waals surface area (Å²) in [6, 6.07) is 16.3. The van der Waals surface area contributed by atoms with Crippen molar-refractivity contribution in [3.63, 3.8) is 0 Å². The molecule has 0 aliphatic carbocycles. The van der Waals surface area contributed by atoms with Crippen molar-refractivity contribution in [2.45, 2.75) is 6.18 Å². The lowest BCUT2D eigenvalue weighted by Crippen LogP contribution is -2.24. The van der Waals surface area contributed by atoms with Crippen LogP contribution in [-0.2, 0) is 6.18 Å². The van der Waals surface area contributed by atoms with Crippen molar-refractivity contribution in [3.8, 4) is 22.6 Å². The Morgan fingerprint density at radius 2 is 1.53 bits per heavy atom. The number of nitrogens with two attached hydrogens (primary N) is 1. The molecule has 2 aromatic carbocycles. The van der Waals surface area contributed by atoms with Gasteiger partial charge in [-0.2, -0.15) is 18.3 Å². The third kappa shape index (κ3) is 3.34. The van der Waals surface area contributed by atoms with E-state index in [-0.39, 0.29) is 28.3 Å². The van der Waals surface area contributed by atoms with Crippen molar-refractivity contribution in [1.82, 2.24) is 19.7 Å². The first kappa shape index (κ1) is 21.2. The zero-order valence-electron chi connectivity index (χ0n) is 17.1. The molecular weight excluding hydrogens is 451 g/mol. The molecule has 11 heteroatoms. The molecule has 4 aromatic rings. The van der Waals surface area contributed by atoms with Gasteiger partial charge in [-0.05, 0) is 30.3 Å². The molecule has 0 bridgehead atoms. The lowest BCUT2D eigenvalue weighted by molar-refractivity contribution is -0.141. The number of pyridine rings is 1. The van der Waals surface area contributed by atoms with Gasteiger partial charge in [-0.3, -0.25) is 24.3 Å². The van der Waals surface area contributed by atoms with Crippen LogP contribution >= 0.6 is 0 Å². The predicted octanol–water partition coefficient (Wildman–Crippen LogP) is 3.17. The molecule has 0 atom stereocenters. The Hall–Kier alpha value is -4.67. The van der Waals surface area contributed by atoms with Crippen molar-refractivity contribution in [1.29, 1.82) is 0 Å². The number of fused-ring (bicyclic) bond motifs is 1. The average molecular weight is 465 g/mol. The molecule has 2 aromatic heterocycles.